The summed E-state index contributed by atoms with van der Waals surface area (Å²) in [4.78, 5) is 13.1. The van der Waals surface area contributed by atoms with Crippen LogP contribution in [-0.2, 0) is 19.4 Å². The summed E-state index contributed by atoms with van der Waals surface area (Å²) in [6.07, 6.45) is 0.987. The van der Waals surface area contributed by atoms with E-state index in [1.54, 1.807) is 12.1 Å². The average Bonchev–Trinajstić information content (AvgIpc) is 2.66. The predicted octanol–water partition coefficient (Wildman–Crippen LogP) is 3.67. The van der Waals surface area contributed by atoms with E-state index in [4.69, 9.17) is 4.74 Å². The summed E-state index contributed by atoms with van der Waals surface area (Å²) in [7, 11) is 0.358. The quantitative estimate of drug-likeness (QED) is 0.392. The van der Waals surface area contributed by atoms with Crippen molar-refractivity contribution in [2.75, 3.05) is 31.4 Å². The lowest BCUT2D eigenvalue weighted by atomic mass is 10.3. The smallest absolute Gasteiger partial charge is 0.330 e. The Morgan fingerprint density at radius 1 is 1.04 bits per heavy atom. The molecule has 7 nitrogen and oxygen atoms in total. The molecule has 0 heterocycles. The molecular formula is C19H21N3O4S. The average molecular weight is 387 g/mol. The van der Waals surface area contributed by atoms with Crippen molar-refractivity contribution in [1.29, 1.82) is 0 Å². The van der Waals surface area contributed by atoms with Gasteiger partial charge >= 0.3 is 5.97 Å². The molecule has 142 valence electrons. The van der Waals surface area contributed by atoms with E-state index in [1.165, 1.54) is 12.1 Å². The van der Waals surface area contributed by atoms with Crippen LogP contribution in [0.3, 0.4) is 0 Å². The number of hydrogen-bond donors (Lipinski definition) is 0. The molecule has 0 aliphatic carbocycles. The highest BCUT2D eigenvalue weighted by Crippen LogP contribution is 2.22. The minimum absolute atomic E-state index is 0.131. The van der Waals surface area contributed by atoms with Crippen LogP contribution in [0, 0.1) is 0 Å². The molecule has 0 bridgehead atoms. The fourth-order valence-electron chi connectivity index (χ4n) is 2.08. The Bertz CT molecular complexity index is 918. The zero-order valence-corrected chi connectivity index (χ0v) is 16.0. The van der Waals surface area contributed by atoms with Crippen molar-refractivity contribution in [3.63, 3.8) is 0 Å². The van der Waals surface area contributed by atoms with E-state index in [1.807, 2.05) is 43.3 Å². The van der Waals surface area contributed by atoms with Gasteiger partial charge in [0, 0.05) is 25.9 Å². The lowest BCUT2D eigenvalue weighted by Gasteiger charge is -2.11. The largest absolute Gasteiger partial charge is 0.461 e. The number of benzene rings is 2. The van der Waals surface area contributed by atoms with Crippen molar-refractivity contribution < 1.29 is 17.9 Å². The maximum atomic E-state index is 12.2. The number of rotatable bonds is 8. The van der Waals surface area contributed by atoms with Crippen molar-refractivity contribution >= 4 is 32.9 Å². The first-order valence-corrected chi connectivity index (χ1v) is 9.78. The normalized spacial score (nSPS) is 11.3. The van der Waals surface area contributed by atoms with Gasteiger partial charge < -0.3 is 9.64 Å². The molecule has 2 rings (SSSR count). The Labute approximate surface area is 158 Å². The molecule has 8 heteroatoms. The highest BCUT2D eigenvalue weighted by Gasteiger charge is 2.15. The van der Waals surface area contributed by atoms with Crippen LogP contribution in [0.15, 0.2) is 76.3 Å². The lowest BCUT2D eigenvalue weighted by molar-refractivity contribution is -0.137. The molecule has 0 aliphatic rings. The molecule has 0 aliphatic heterocycles. The second-order valence-corrected chi connectivity index (χ2v) is 7.90. The van der Waals surface area contributed by atoms with E-state index in [2.05, 4.69) is 16.8 Å². The fourth-order valence-corrected chi connectivity index (χ4v) is 3.17. The Balaban J connectivity index is 2.01. The number of carbonyl (C=O) groups excluding carboxylic acids is 1. The second-order valence-electron chi connectivity index (χ2n) is 5.80. The molecule has 2 aromatic rings. The summed E-state index contributed by atoms with van der Waals surface area (Å²) in [6, 6.07) is 13.6. The molecule has 0 spiro atoms. The molecular weight excluding hydrogens is 366 g/mol. The van der Waals surface area contributed by atoms with Gasteiger partial charge in [0.25, 0.3) is 0 Å². The monoisotopic (exact) mass is 387 g/mol. The van der Waals surface area contributed by atoms with Crippen LogP contribution in [0.5, 0.6) is 0 Å². The number of esters is 1. The number of nitrogens with zero attached hydrogens (tertiary/aromatic N) is 3. The summed E-state index contributed by atoms with van der Waals surface area (Å²) in [5.74, 6) is -0.953. The van der Waals surface area contributed by atoms with Crippen molar-refractivity contribution in [3.05, 3.63) is 61.2 Å². The van der Waals surface area contributed by atoms with E-state index in [0.717, 1.165) is 11.8 Å². The summed E-state index contributed by atoms with van der Waals surface area (Å²) < 4.78 is 29.1. The summed E-state index contributed by atoms with van der Waals surface area (Å²) in [5.41, 5.74) is 2.28. The number of azo groups is 1. The lowest BCUT2D eigenvalue weighted by Crippen LogP contribution is -2.14. The Hall–Kier alpha value is -3.00. The van der Waals surface area contributed by atoms with E-state index in [9.17, 15) is 13.2 Å². The Morgan fingerprint density at radius 3 is 2.04 bits per heavy atom. The van der Waals surface area contributed by atoms with Crippen LogP contribution in [0.1, 0.15) is 0 Å². The van der Waals surface area contributed by atoms with Gasteiger partial charge in [0.1, 0.15) is 6.61 Å². The zero-order valence-electron chi connectivity index (χ0n) is 15.2. The maximum Gasteiger partial charge on any atom is 0.330 e. The van der Waals surface area contributed by atoms with Crippen molar-refractivity contribution in [2.45, 2.75) is 4.90 Å². The number of sulfone groups is 1. The van der Waals surface area contributed by atoms with Gasteiger partial charge in [0.15, 0.2) is 9.84 Å². The first kappa shape index (κ1) is 20.3. The Morgan fingerprint density at radius 2 is 1.56 bits per heavy atom. The number of ether oxygens (including phenoxy) is 1. The summed E-state index contributed by atoms with van der Waals surface area (Å²) in [5, 5.41) is 8.24. The molecule has 27 heavy (non-hydrogen) atoms. The number of hydrogen-bond acceptors (Lipinski definition) is 7. The van der Waals surface area contributed by atoms with Crippen LogP contribution in [0.2, 0.25) is 0 Å². The summed E-state index contributed by atoms with van der Waals surface area (Å²) in [6.45, 7) is 3.02. The van der Waals surface area contributed by atoms with Crippen LogP contribution in [0.4, 0.5) is 17.1 Å². The van der Waals surface area contributed by atoms with Crippen molar-refractivity contribution in [2.24, 2.45) is 10.2 Å². The van der Waals surface area contributed by atoms with Gasteiger partial charge in [0.05, 0.1) is 22.0 Å². The van der Waals surface area contributed by atoms with Gasteiger partial charge in [0.2, 0.25) is 0 Å². The first-order chi connectivity index (χ1) is 12.8. The van der Waals surface area contributed by atoms with E-state index < -0.39 is 15.8 Å². The molecule has 0 N–H and O–H groups in total. The molecule has 0 unspecified atom stereocenters. The highest BCUT2D eigenvalue weighted by molar-refractivity contribution is 7.91. The highest BCUT2D eigenvalue weighted by atomic mass is 32.2. The van der Waals surface area contributed by atoms with Gasteiger partial charge in [-0.25, -0.2) is 13.2 Å². The molecule has 0 fully saturated rings. The van der Waals surface area contributed by atoms with Crippen molar-refractivity contribution in [1.82, 2.24) is 0 Å². The molecule has 2 aromatic carbocycles. The van der Waals surface area contributed by atoms with Crippen LogP contribution in [-0.4, -0.2) is 40.8 Å². The molecule has 0 atom stereocenters. The zero-order chi connectivity index (χ0) is 19.9. The van der Waals surface area contributed by atoms with E-state index in [-0.39, 0.29) is 17.3 Å². The van der Waals surface area contributed by atoms with E-state index in [0.29, 0.717) is 11.4 Å². The topological polar surface area (TPSA) is 88.4 Å². The van der Waals surface area contributed by atoms with Crippen LogP contribution < -0.4 is 4.90 Å². The van der Waals surface area contributed by atoms with Gasteiger partial charge in [-0.15, -0.1) is 0 Å². The minimum atomic E-state index is -3.55. The van der Waals surface area contributed by atoms with Crippen LogP contribution in [0.25, 0.3) is 0 Å². The SMILES string of the molecule is C=CC(=O)OCCS(=O)(=O)c1ccc(N=Nc2ccc(N(C)C)cc2)cc1. The van der Waals surface area contributed by atoms with Crippen LogP contribution >= 0.6 is 0 Å². The maximum absolute atomic E-state index is 12.2. The Kier molecular flexibility index (Phi) is 6.84. The molecule has 0 aromatic heterocycles. The molecule has 0 radical (unpaired) electrons. The third-order valence-corrected chi connectivity index (χ3v) is 5.30. The van der Waals surface area contributed by atoms with Gasteiger partial charge in [-0.1, -0.05) is 6.58 Å². The second kappa shape index (κ2) is 9.09. The predicted molar refractivity (Wildman–Crippen MR) is 105 cm³/mol. The van der Waals surface area contributed by atoms with E-state index >= 15 is 0 Å². The fraction of sp³-hybridized carbons (Fsp3) is 0.211. The third-order valence-electron chi connectivity index (χ3n) is 3.61. The number of anilines is 1. The molecule has 0 amide bonds. The summed E-state index contributed by atoms with van der Waals surface area (Å²) >= 11 is 0. The van der Waals surface area contributed by atoms with Gasteiger partial charge in [-0.05, 0) is 48.5 Å². The van der Waals surface area contributed by atoms with Crippen molar-refractivity contribution in [3.8, 4) is 0 Å². The standard InChI is InChI=1S/C19H21N3O4S/c1-4-19(23)26-13-14-27(24,25)18-11-7-16(8-12-18)21-20-15-5-9-17(10-6-15)22(2)3/h4-12H,1,13-14H2,2-3H3. The third kappa shape index (κ3) is 6.03. The minimum Gasteiger partial charge on any atom is -0.461 e. The molecule has 0 saturated carbocycles. The number of carbonyl (C=O) groups is 1. The van der Waals surface area contributed by atoms with Gasteiger partial charge in [-0.2, -0.15) is 10.2 Å². The van der Waals surface area contributed by atoms with Gasteiger partial charge in [-0.3, -0.25) is 0 Å². The first-order valence-electron chi connectivity index (χ1n) is 8.13. The molecule has 0 saturated heterocycles.